The van der Waals surface area contributed by atoms with E-state index in [2.05, 4.69) is 25.1 Å². The smallest absolute Gasteiger partial charge is 0.414 e. The van der Waals surface area contributed by atoms with Gasteiger partial charge in [-0.2, -0.15) is 0 Å². The van der Waals surface area contributed by atoms with Crippen LogP contribution in [0.5, 0.6) is 5.88 Å². The number of thioether (sulfide) groups is 1. The number of nitrogens with one attached hydrogen (secondary N) is 1. The van der Waals surface area contributed by atoms with Gasteiger partial charge in [-0.1, -0.05) is 0 Å². The van der Waals surface area contributed by atoms with Gasteiger partial charge in [0.25, 0.3) is 0 Å². The molecule has 0 saturated carbocycles. The molecule has 2 amide bonds. The van der Waals surface area contributed by atoms with Gasteiger partial charge in [0.1, 0.15) is 11.6 Å². The highest BCUT2D eigenvalue weighted by molar-refractivity contribution is 8.00. The summed E-state index contributed by atoms with van der Waals surface area (Å²) in [5.74, 6) is 0.961. The molecule has 1 aromatic carbocycles. The number of aromatic nitrogens is 2. The maximum Gasteiger partial charge on any atom is 0.414 e. The van der Waals surface area contributed by atoms with Crippen molar-refractivity contribution in [2.24, 2.45) is 0 Å². The summed E-state index contributed by atoms with van der Waals surface area (Å²) in [5.41, 5.74) is 4.23. The molecule has 0 spiro atoms. The quantitative estimate of drug-likeness (QED) is 0.544. The number of methoxy groups -OCH3 is 1. The van der Waals surface area contributed by atoms with Gasteiger partial charge in [0.05, 0.1) is 36.3 Å². The number of ether oxygens (including phenoxy) is 2. The number of amides is 2. The third-order valence-electron chi connectivity index (χ3n) is 6.92. The van der Waals surface area contributed by atoms with Crippen LogP contribution in [0.3, 0.4) is 0 Å². The zero-order chi connectivity index (χ0) is 25.4. The highest BCUT2D eigenvalue weighted by Gasteiger charge is 2.34. The second kappa shape index (κ2) is 10.1. The van der Waals surface area contributed by atoms with Crippen LogP contribution in [0.15, 0.2) is 47.5 Å². The average molecular weight is 521 g/mol. The Labute approximate surface area is 218 Å². The first-order chi connectivity index (χ1) is 18.1. The molecule has 3 aliphatic rings. The van der Waals surface area contributed by atoms with Crippen LogP contribution in [-0.2, 0) is 9.53 Å². The number of carbonyl (C=O) groups excluding carboxylic acids is 2. The van der Waals surface area contributed by atoms with Crippen molar-refractivity contribution in [3.63, 3.8) is 0 Å². The predicted octanol–water partition coefficient (Wildman–Crippen LogP) is 3.22. The highest BCUT2D eigenvalue weighted by atomic mass is 32.2. The summed E-state index contributed by atoms with van der Waals surface area (Å²) in [5, 5.41) is 2.89. The molecule has 0 aliphatic carbocycles. The number of cyclic esters (lactones) is 1. The van der Waals surface area contributed by atoms with Crippen molar-refractivity contribution >= 4 is 51.9 Å². The van der Waals surface area contributed by atoms with E-state index < -0.39 is 0 Å². The molecule has 0 bridgehead atoms. The number of benzene rings is 1. The van der Waals surface area contributed by atoms with Gasteiger partial charge in [0.15, 0.2) is 0 Å². The summed E-state index contributed by atoms with van der Waals surface area (Å²) in [7, 11) is 1.62. The maximum atomic E-state index is 12.7. The molecule has 5 heterocycles. The molecule has 10 nitrogen and oxygen atoms in total. The number of carbonyl (C=O) groups is 2. The van der Waals surface area contributed by atoms with Crippen molar-refractivity contribution in [2.75, 3.05) is 67.2 Å². The highest BCUT2D eigenvalue weighted by Crippen LogP contribution is 2.35. The molecule has 2 aromatic heterocycles. The van der Waals surface area contributed by atoms with Crippen LogP contribution >= 0.6 is 11.8 Å². The first-order valence-electron chi connectivity index (χ1n) is 12.4. The number of hydrogen-bond acceptors (Lipinski definition) is 9. The number of fused-ring (bicyclic) bond motifs is 2. The van der Waals surface area contributed by atoms with Crippen LogP contribution in [-0.4, -0.2) is 85.1 Å². The third kappa shape index (κ3) is 4.88. The SMILES string of the molecule is COc1ccc2nccc(N3CCCN(C[C@@H]4CN(c5ccc6c(c5)NC(=O)CS6)C(=O)O4)CC3)c2n1. The molecular formula is C26H28N6O4S. The molecule has 2 saturated heterocycles. The van der Waals surface area contributed by atoms with Crippen LogP contribution in [0.25, 0.3) is 11.0 Å². The molecular weight excluding hydrogens is 492 g/mol. The first-order valence-corrected chi connectivity index (χ1v) is 13.4. The summed E-state index contributed by atoms with van der Waals surface area (Å²) >= 11 is 1.50. The predicted molar refractivity (Wildman–Crippen MR) is 143 cm³/mol. The van der Waals surface area contributed by atoms with Gasteiger partial charge in [-0.15, -0.1) is 11.8 Å². The first kappa shape index (κ1) is 23.8. The number of rotatable bonds is 5. The second-order valence-corrected chi connectivity index (χ2v) is 10.3. The molecule has 0 unspecified atom stereocenters. The summed E-state index contributed by atoms with van der Waals surface area (Å²) in [6.07, 6.45) is 2.25. The van der Waals surface area contributed by atoms with Crippen molar-refractivity contribution < 1.29 is 19.1 Å². The van der Waals surface area contributed by atoms with E-state index in [9.17, 15) is 9.59 Å². The molecule has 6 rings (SSSR count). The lowest BCUT2D eigenvalue weighted by molar-refractivity contribution is -0.113. The minimum Gasteiger partial charge on any atom is -0.481 e. The molecule has 2 fully saturated rings. The van der Waals surface area contributed by atoms with Gasteiger partial charge in [0, 0.05) is 55.6 Å². The van der Waals surface area contributed by atoms with Crippen LogP contribution < -0.4 is 19.9 Å². The minimum absolute atomic E-state index is 0.0265. The second-order valence-electron chi connectivity index (χ2n) is 9.33. The Morgan fingerprint density at radius 1 is 1.14 bits per heavy atom. The number of anilines is 3. The molecule has 3 aliphatic heterocycles. The zero-order valence-corrected chi connectivity index (χ0v) is 21.4. The van der Waals surface area contributed by atoms with Crippen molar-refractivity contribution in [1.82, 2.24) is 14.9 Å². The van der Waals surface area contributed by atoms with Crippen LogP contribution in [0, 0.1) is 0 Å². The fraction of sp³-hybridized carbons (Fsp3) is 0.385. The van der Waals surface area contributed by atoms with E-state index in [1.807, 2.05) is 42.6 Å². The lowest BCUT2D eigenvalue weighted by Gasteiger charge is -2.25. The molecule has 37 heavy (non-hydrogen) atoms. The van der Waals surface area contributed by atoms with Gasteiger partial charge in [-0.05, 0) is 36.8 Å². The van der Waals surface area contributed by atoms with Crippen LogP contribution in [0.2, 0.25) is 0 Å². The minimum atomic E-state index is -0.348. The van der Waals surface area contributed by atoms with Gasteiger partial charge in [0.2, 0.25) is 11.8 Å². The van der Waals surface area contributed by atoms with Gasteiger partial charge < -0.3 is 19.7 Å². The van der Waals surface area contributed by atoms with E-state index in [0.717, 1.165) is 65.6 Å². The zero-order valence-electron chi connectivity index (χ0n) is 20.6. The normalized spacial score (nSPS) is 20.4. The lowest BCUT2D eigenvalue weighted by Crippen LogP contribution is -2.37. The van der Waals surface area contributed by atoms with E-state index in [1.54, 1.807) is 12.0 Å². The lowest BCUT2D eigenvalue weighted by atomic mass is 10.2. The van der Waals surface area contributed by atoms with E-state index in [0.29, 0.717) is 24.7 Å². The monoisotopic (exact) mass is 520 g/mol. The Balaban J connectivity index is 1.11. The average Bonchev–Trinajstić information content (AvgIpc) is 3.12. The van der Waals surface area contributed by atoms with Gasteiger partial charge in [-0.25, -0.2) is 9.78 Å². The van der Waals surface area contributed by atoms with Crippen molar-refractivity contribution in [3.05, 3.63) is 42.6 Å². The number of pyridine rings is 2. The largest absolute Gasteiger partial charge is 0.481 e. The molecule has 192 valence electrons. The molecule has 11 heteroatoms. The topological polar surface area (TPSA) is 100 Å². The van der Waals surface area contributed by atoms with Gasteiger partial charge >= 0.3 is 6.09 Å². The van der Waals surface area contributed by atoms with Crippen molar-refractivity contribution in [2.45, 2.75) is 17.4 Å². The van der Waals surface area contributed by atoms with Crippen molar-refractivity contribution in [1.29, 1.82) is 0 Å². The van der Waals surface area contributed by atoms with Crippen LogP contribution in [0.1, 0.15) is 6.42 Å². The Morgan fingerprint density at radius 3 is 2.95 bits per heavy atom. The Bertz CT molecular complexity index is 1350. The van der Waals surface area contributed by atoms with E-state index in [4.69, 9.17) is 9.47 Å². The van der Waals surface area contributed by atoms with E-state index in [-0.39, 0.29) is 18.1 Å². The van der Waals surface area contributed by atoms with E-state index >= 15 is 0 Å². The van der Waals surface area contributed by atoms with Crippen LogP contribution in [0.4, 0.5) is 21.9 Å². The molecule has 1 N–H and O–H groups in total. The fourth-order valence-electron chi connectivity index (χ4n) is 5.11. The Hall–Kier alpha value is -3.57. The Kier molecular flexibility index (Phi) is 6.47. The van der Waals surface area contributed by atoms with Crippen molar-refractivity contribution in [3.8, 4) is 5.88 Å². The third-order valence-corrected chi connectivity index (χ3v) is 7.99. The Morgan fingerprint density at radius 2 is 2.05 bits per heavy atom. The fourth-order valence-corrected chi connectivity index (χ4v) is 5.90. The number of nitrogens with zero attached hydrogens (tertiary/aromatic N) is 5. The summed E-state index contributed by atoms with van der Waals surface area (Å²) in [6, 6.07) is 11.5. The maximum absolute atomic E-state index is 12.7. The molecule has 0 radical (unpaired) electrons. The standard InChI is InChI=1S/C26H28N6O4S/c1-35-24-6-4-19-25(29-24)21(7-8-27-19)31-10-2-9-30(11-12-31)14-18-15-32(26(34)36-18)17-3-5-22-20(13-17)28-23(33)16-37-22/h3-8,13,18H,2,9-12,14-16H2,1H3,(H,28,33)/t18-/m1/s1. The molecule has 1 atom stereocenters. The van der Waals surface area contributed by atoms with E-state index in [1.165, 1.54) is 11.8 Å². The summed E-state index contributed by atoms with van der Waals surface area (Å²) < 4.78 is 11.1. The molecule has 3 aromatic rings. The number of hydrogen-bond donors (Lipinski definition) is 1. The van der Waals surface area contributed by atoms with Gasteiger partial charge in [-0.3, -0.25) is 19.6 Å². The summed E-state index contributed by atoms with van der Waals surface area (Å²) in [6.45, 7) is 4.68. The summed E-state index contributed by atoms with van der Waals surface area (Å²) in [4.78, 5) is 41.0.